The number of nitrogens with one attached hydrogen (secondary N) is 1. The zero-order valence-electron chi connectivity index (χ0n) is 9.94. The van der Waals surface area contributed by atoms with Gasteiger partial charge in [-0.05, 0) is 24.6 Å². The number of anilines is 1. The molecule has 0 bridgehead atoms. The molecule has 0 aliphatic heterocycles. The molecule has 0 aliphatic carbocycles. The molecule has 1 unspecified atom stereocenters. The molecule has 0 spiro atoms. The zero-order chi connectivity index (χ0) is 13.7. The van der Waals surface area contributed by atoms with Crippen LogP contribution in [0.3, 0.4) is 0 Å². The summed E-state index contributed by atoms with van der Waals surface area (Å²) in [7, 11) is 0. The summed E-state index contributed by atoms with van der Waals surface area (Å²) in [6.07, 6.45) is 1.35. The van der Waals surface area contributed by atoms with Crippen molar-refractivity contribution in [3.05, 3.63) is 28.8 Å². The van der Waals surface area contributed by atoms with Crippen LogP contribution in [0.1, 0.15) is 30.1 Å². The molecule has 0 heterocycles. The van der Waals surface area contributed by atoms with Crippen LogP contribution in [0.15, 0.2) is 18.2 Å². The Morgan fingerprint density at radius 3 is 2.72 bits per heavy atom. The maximum atomic E-state index is 11.7. The highest BCUT2D eigenvalue weighted by atomic mass is 35.5. The van der Waals surface area contributed by atoms with Crippen molar-refractivity contribution in [3.8, 4) is 0 Å². The van der Waals surface area contributed by atoms with E-state index >= 15 is 0 Å². The number of rotatable bonds is 5. The Morgan fingerprint density at radius 1 is 1.50 bits per heavy atom. The number of benzene rings is 1. The maximum absolute atomic E-state index is 11.7. The van der Waals surface area contributed by atoms with E-state index in [4.69, 9.17) is 22.4 Å². The fourth-order valence-corrected chi connectivity index (χ4v) is 1.59. The molecule has 1 atom stereocenters. The topological polar surface area (TPSA) is 92.4 Å². The third-order valence-corrected chi connectivity index (χ3v) is 2.74. The number of nitrogens with two attached hydrogens (primary N) is 1. The number of halogens is 1. The van der Waals surface area contributed by atoms with E-state index in [0.717, 1.165) is 6.42 Å². The van der Waals surface area contributed by atoms with Gasteiger partial charge >= 0.3 is 5.97 Å². The average Bonchev–Trinajstić information content (AvgIpc) is 2.31. The largest absolute Gasteiger partial charge is 0.478 e. The number of hydrogen-bond acceptors (Lipinski definition) is 3. The number of carboxylic acid groups (broad SMARTS) is 1. The predicted octanol–water partition coefficient (Wildman–Crippen LogP) is 2.10. The van der Waals surface area contributed by atoms with Crippen LogP contribution >= 0.6 is 11.6 Å². The van der Waals surface area contributed by atoms with E-state index in [9.17, 15) is 9.59 Å². The molecule has 0 aliphatic rings. The van der Waals surface area contributed by atoms with Crippen molar-refractivity contribution in [1.29, 1.82) is 0 Å². The lowest BCUT2D eigenvalue weighted by molar-refractivity contribution is -0.117. The minimum Gasteiger partial charge on any atom is -0.478 e. The van der Waals surface area contributed by atoms with Gasteiger partial charge < -0.3 is 16.2 Å². The number of hydrogen-bond donors (Lipinski definition) is 3. The van der Waals surface area contributed by atoms with E-state index in [-0.39, 0.29) is 22.2 Å². The van der Waals surface area contributed by atoms with E-state index in [2.05, 4.69) is 5.32 Å². The lowest BCUT2D eigenvalue weighted by Crippen LogP contribution is -2.35. The highest BCUT2D eigenvalue weighted by molar-refractivity contribution is 6.33. The molecule has 1 aromatic carbocycles. The first-order chi connectivity index (χ1) is 8.45. The van der Waals surface area contributed by atoms with Gasteiger partial charge in [0.2, 0.25) is 5.91 Å². The quantitative estimate of drug-likeness (QED) is 0.764. The van der Waals surface area contributed by atoms with Crippen molar-refractivity contribution >= 4 is 29.2 Å². The minimum atomic E-state index is -1.08. The first kappa shape index (κ1) is 14.5. The van der Waals surface area contributed by atoms with E-state index in [1.807, 2.05) is 6.92 Å². The van der Waals surface area contributed by atoms with Crippen LogP contribution in [0.4, 0.5) is 5.69 Å². The highest BCUT2D eigenvalue weighted by Gasteiger charge is 2.15. The molecule has 18 heavy (non-hydrogen) atoms. The summed E-state index contributed by atoms with van der Waals surface area (Å²) < 4.78 is 0. The van der Waals surface area contributed by atoms with Crippen LogP contribution < -0.4 is 11.1 Å². The van der Waals surface area contributed by atoms with Crippen molar-refractivity contribution in [2.45, 2.75) is 25.8 Å². The van der Waals surface area contributed by atoms with Crippen LogP contribution in [0, 0.1) is 0 Å². The molecule has 0 radical (unpaired) electrons. The van der Waals surface area contributed by atoms with Gasteiger partial charge in [0.15, 0.2) is 0 Å². The molecule has 1 rings (SSSR count). The maximum Gasteiger partial charge on any atom is 0.335 e. The fraction of sp³-hybridized carbons (Fsp3) is 0.333. The smallest absolute Gasteiger partial charge is 0.335 e. The Hall–Kier alpha value is -1.59. The second-order valence-corrected chi connectivity index (χ2v) is 4.29. The van der Waals surface area contributed by atoms with Gasteiger partial charge in [-0.1, -0.05) is 24.9 Å². The van der Waals surface area contributed by atoms with Crippen LogP contribution in [0.5, 0.6) is 0 Å². The number of amides is 1. The van der Waals surface area contributed by atoms with Crippen molar-refractivity contribution < 1.29 is 14.7 Å². The lowest BCUT2D eigenvalue weighted by Gasteiger charge is -2.12. The van der Waals surface area contributed by atoms with Crippen molar-refractivity contribution in [2.24, 2.45) is 5.73 Å². The van der Waals surface area contributed by atoms with E-state index < -0.39 is 12.0 Å². The van der Waals surface area contributed by atoms with Gasteiger partial charge in [0.1, 0.15) is 0 Å². The standard InChI is InChI=1S/C12H15ClN2O3/c1-2-3-9(14)11(16)15-10-6-7(12(17)18)4-5-8(10)13/h4-6,9H,2-3,14H2,1H3,(H,15,16)(H,17,18). The summed E-state index contributed by atoms with van der Waals surface area (Å²) in [5, 5.41) is 11.7. The van der Waals surface area contributed by atoms with E-state index in [1.54, 1.807) is 0 Å². The summed E-state index contributed by atoms with van der Waals surface area (Å²) >= 11 is 5.88. The molecular weight excluding hydrogens is 256 g/mol. The fourth-order valence-electron chi connectivity index (χ4n) is 1.42. The van der Waals surface area contributed by atoms with Crippen LogP contribution in [-0.2, 0) is 4.79 Å². The molecule has 1 amide bonds. The molecule has 98 valence electrons. The Balaban J connectivity index is 2.86. The Bertz CT molecular complexity index is 463. The number of aromatic carboxylic acids is 1. The highest BCUT2D eigenvalue weighted by Crippen LogP contribution is 2.23. The van der Waals surface area contributed by atoms with Gasteiger partial charge in [0.05, 0.1) is 22.3 Å². The predicted molar refractivity (Wildman–Crippen MR) is 69.9 cm³/mol. The van der Waals surface area contributed by atoms with E-state index in [0.29, 0.717) is 6.42 Å². The Kier molecular flexibility index (Phi) is 5.12. The molecule has 0 saturated carbocycles. The third kappa shape index (κ3) is 3.72. The molecule has 1 aromatic rings. The molecule has 6 heteroatoms. The van der Waals surface area contributed by atoms with Crippen LogP contribution in [0.2, 0.25) is 5.02 Å². The van der Waals surface area contributed by atoms with Gasteiger partial charge in [0.25, 0.3) is 0 Å². The molecule has 0 aromatic heterocycles. The van der Waals surface area contributed by atoms with Crippen LogP contribution in [-0.4, -0.2) is 23.0 Å². The van der Waals surface area contributed by atoms with Gasteiger partial charge in [-0.15, -0.1) is 0 Å². The van der Waals surface area contributed by atoms with E-state index in [1.165, 1.54) is 18.2 Å². The van der Waals surface area contributed by atoms with Gasteiger partial charge in [-0.3, -0.25) is 4.79 Å². The van der Waals surface area contributed by atoms with Gasteiger partial charge in [-0.2, -0.15) is 0 Å². The van der Waals surface area contributed by atoms with Gasteiger partial charge in [-0.25, -0.2) is 4.79 Å². The summed E-state index contributed by atoms with van der Waals surface area (Å²) in [5.74, 6) is -1.46. The summed E-state index contributed by atoms with van der Waals surface area (Å²) in [5.41, 5.74) is 5.96. The summed E-state index contributed by atoms with van der Waals surface area (Å²) in [6.45, 7) is 1.92. The lowest BCUT2D eigenvalue weighted by atomic mass is 10.1. The minimum absolute atomic E-state index is 0.0544. The first-order valence-electron chi connectivity index (χ1n) is 5.55. The second kappa shape index (κ2) is 6.37. The number of carbonyl (C=O) groups is 2. The molecule has 0 saturated heterocycles. The zero-order valence-corrected chi connectivity index (χ0v) is 10.7. The van der Waals surface area contributed by atoms with Crippen molar-refractivity contribution in [2.75, 3.05) is 5.32 Å². The Labute approximate surface area is 110 Å². The summed E-state index contributed by atoms with van der Waals surface area (Å²) in [4.78, 5) is 22.5. The SMILES string of the molecule is CCCC(N)C(=O)Nc1cc(C(=O)O)ccc1Cl. The number of carbonyl (C=O) groups excluding carboxylic acids is 1. The monoisotopic (exact) mass is 270 g/mol. The molecule has 0 fully saturated rings. The summed E-state index contributed by atoms with van der Waals surface area (Å²) in [6, 6.07) is 3.47. The molecular formula is C12H15ClN2O3. The second-order valence-electron chi connectivity index (χ2n) is 3.88. The Morgan fingerprint density at radius 2 is 2.17 bits per heavy atom. The molecule has 5 nitrogen and oxygen atoms in total. The molecule has 4 N–H and O–H groups in total. The van der Waals surface area contributed by atoms with Crippen molar-refractivity contribution in [3.63, 3.8) is 0 Å². The first-order valence-corrected chi connectivity index (χ1v) is 5.92. The number of carboxylic acids is 1. The van der Waals surface area contributed by atoms with Crippen LogP contribution in [0.25, 0.3) is 0 Å². The van der Waals surface area contributed by atoms with Gasteiger partial charge in [0, 0.05) is 0 Å². The van der Waals surface area contributed by atoms with Crippen molar-refractivity contribution in [1.82, 2.24) is 0 Å². The third-order valence-electron chi connectivity index (χ3n) is 2.41. The average molecular weight is 271 g/mol. The normalized spacial score (nSPS) is 11.9.